The van der Waals surface area contributed by atoms with Crippen LogP contribution >= 0.6 is 0 Å². The van der Waals surface area contributed by atoms with Gasteiger partial charge in [0.25, 0.3) is 0 Å². The van der Waals surface area contributed by atoms with Gasteiger partial charge in [-0.2, -0.15) is 5.10 Å². The number of anilines is 2. The minimum atomic E-state index is 0.265. The zero-order valence-corrected chi connectivity index (χ0v) is 14.8. The lowest BCUT2D eigenvalue weighted by atomic mass is 10.0. The number of benzene rings is 1. The van der Waals surface area contributed by atoms with E-state index in [1.165, 1.54) is 5.56 Å². The first-order chi connectivity index (χ1) is 11.5. The number of phenolic OH excluding ortho intramolecular Hbond substituents is 1. The van der Waals surface area contributed by atoms with Gasteiger partial charge in [-0.25, -0.2) is 4.57 Å². The van der Waals surface area contributed by atoms with Crippen molar-refractivity contribution in [1.29, 1.82) is 0 Å². The lowest BCUT2D eigenvalue weighted by Gasteiger charge is -2.29. The molecule has 0 saturated heterocycles. The molecule has 3 rings (SSSR count). The minimum absolute atomic E-state index is 0.265. The van der Waals surface area contributed by atoms with Gasteiger partial charge in [-0.3, -0.25) is 5.01 Å². The van der Waals surface area contributed by atoms with Gasteiger partial charge in [-0.15, -0.1) is 0 Å². The summed E-state index contributed by atoms with van der Waals surface area (Å²) in [4.78, 5) is 2.20. The zero-order chi connectivity index (χ0) is 17.3. The highest BCUT2D eigenvalue weighted by molar-refractivity contribution is 5.99. The van der Waals surface area contributed by atoms with Gasteiger partial charge >= 0.3 is 0 Å². The van der Waals surface area contributed by atoms with Gasteiger partial charge < -0.3 is 10.0 Å². The van der Waals surface area contributed by atoms with Crippen LogP contribution in [0.1, 0.15) is 24.5 Å². The van der Waals surface area contributed by atoms with E-state index in [1.54, 1.807) is 5.01 Å². The number of aromatic nitrogens is 1. The highest BCUT2D eigenvalue weighted by atomic mass is 16.3. The molecule has 0 fully saturated rings. The largest absolute Gasteiger partial charge is 0.506 e. The third kappa shape index (κ3) is 3.20. The van der Waals surface area contributed by atoms with Crippen LogP contribution < -0.4 is 14.5 Å². The number of rotatable bonds is 3. The van der Waals surface area contributed by atoms with Crippen molar-refractivity contribution in [3.63, 3.8) is 0 Å². The van der Waals surface area contributed by atoms with Gasteiger partial charge in [0.05, 0.1) is 5.71 Å². The molecule has 2 heterocycles. The molecular formula is C19H25N4O+. The van der Waals surface area contributed by atoms with E-state index in [0.29, 0.717) is 0 Å². The highest BCUT2D eigenvalue weighted by Crippen LogP contribution is 2.37. The predicted octanol–water partition coefficient (Wildman–Crippen LogP) is 2.46. The van der Waals surface area contributed by atoms with Gasteiger partial charge in [0, 0.05) is 50.1 Å². The maximum Gasteiger partial charge on any atom is 0.169 e. The predicted molar refractivity (Wildman–Crippen MR) is 97.9 cm³/mol. The van der Waals surface area contributed by atoms with Crippen molar-refractivity contribution in [2.24, 2.45) is 12.1 Å². The third-order valence-corrected chi connectivity index (χ3v) is 4.57. The summed E-state index contributed by atoms with van der Waals surface area (Å²) < 4.78 is 1.99. The molecule has 2 aromatic rings. The van der Waals surface area contributed by atoms with E-state index in [0.717, 1.165) is 42.0 Å². The van der Waals surface area contributed by atoms with E-state index in [2.05, 4.69) is 23.1 Å². The Kier molecular flexibility index (Phi) is 4.42. The molecule has 0 spiro atoms. The second-order valence-electron chi connectivity index (χ2n) is 6.46. The van der Waals surface area contributed by atoms with Gasteiger partial charge in [-0.1, -0.05) is 0 Å². The van der Waals surface area contributed by atoms with Crippen molar-refractivity contribution < 1.29 is 9.67 Å². The van der Waals surface area contributed by atoms with Crippen LogP contribution in [0.5, 0.6) is 5.75 Å². The number of aromatic hydroxyl groups is 1. The number of hydrogen-bond donors (Lipinski definition) is 1. The zero-order valence-electron chi connectivity index (χ0n) is 14.8. The van der Waals surface area contributed by atoms with Crippen LogP contribution in [0.4, 0.5) is 11.4 Å². The second-order valence-corrected chi connectivity index (χ2v) is 6.46. The molecule has 0 bridgehead atoms. The summed E-state index contributed by atoms with van der Waals surface area (Å²) in [5.41, 5.74) is 5.10. The number of hydrogen-bond acceptors (Lipinski definition) is 4. The smallest absolute Gasteiger partial charge is 0.169 e. The molecule has 1 aromatic heterocycles. The molecular weight excluding hydrogens is 300 g/mol. The van der Waals surface area contributed by atoms with Crippen molar-refractivity contribution in [2.75, 3.05) is 30.5 Å². The molecule has 0 atom stereocenters. The number of aryl methyl sites for hydroxylation is 2. The molecule has 0 radical (unpaired) electrons. The maximum absolute atomic E-state index is 10.4. The van der Waals surface area contributed by atoms with Crippen LogP contribution in [0, 0.1) is 0 Å². The van der Waals surface area contributed by atoms with Crippen molar-refractivity contribution >= 4 is 17.1 Å². The standard InChI is InChI=1S/C19H24N4O/c1-14(15-7-10-21(2)11-8-15)20-23(4)18-12-16-6-5-9-22(3)17(16)13-19(18)24/h7-8,10-13H,5-6,9H2,1-4H3/p+1. The average Bonchev–Trinajstić information content (AvgIpc) is 2.55. The van der Waals surface area contributed by atoms with Gasteiger partial charge in [0.1, 0.15) is 18.5 Å². The first kappa shape index (κ1) is 16.3. The monoisotopic (exact) mass is 325 g/mol. The first-order valence-electron chi connectivity index (χ1n) is 8.27. The van der Waals surface area contributed by atoms with E-state index in [1.807, 2.05) is 56.2 Å². The number of fused-ring (bicyclic) bond motifs is 1. The SMILES string of the molecule is CC(=NN(C)c1cc2c(cc1O)N(C)CCC2)c1cc[n+](C)cc1. The van der Waals surface area contributed by atoms with Crippen LogP contribution in [0.25, 0.3) is 0 Å². The van der Waals surface area contributed by atoms with E-state index in [-0.39, 0.29) is 5.75 Å². The molecule has 1 N–H and O–H groups in total. The van der Waals surface area contributed by atoms with Gasteiger partial charge in [-0.05, 0) is 31.4 Å². The fourth-order valence-corrected chi connectivity index (χ4v) is 3.13. The second kappa shape index (κ2) is 6.51. The first-order valence-corrected chi connectivity index (χ1v) is 8.27. The van der Waals surface area contributed by atoms with Crippen LogP contribution in [0.15, 0.2) is 41.8 Å². The lowest BCUT2D eigenvalue weighted by Crippen LogP contribution is -2.26. The van der Waals surface area contributed by atoms with Gasteiger partial charge in [0.15, 0.2) is 12.4 Å². The van der Waals surface area contributed by atoms with E-state index in [9.17, 15) is 5.11 Å². The summed E-state index contributed by atoms with van der Waals surface area (Å²) in [7, 11) is 5.93. The van der Waals surface area contributed by atoms with E-state index < -0.39 is 0 Å². The van der Waals surface area contributed by atoms with Crippen LogP contribution in [0.3, 0.4) is 0 Å². The van der Waals surface area contributed by atoms with E-state index in [4.69, 9.17) is 0 Å². The molecule has 0 aliphatic carbocycles. The fraction of sp³-hybridized carbons (Fsp3) is 0.368. The molecule has 0 amide bonds. The van der Waals surface area contributed by atoms with E-state index >= 15 is 0 Å². The summed E-state index contributed by atoms with van der Waals surface area (Å²) in [5.74, 6) is 0.265. The molecule has 126 valence electrons. The Bertz CT molecular complexity index is 768. The van der Waals surface area contributed by atoms with Crippen LogP contribution in [0.2, 0.25) is 0 Å². The Morgan fingerprint density at radius 3 is 2.71 bits per heavy atom. The number of hydrazone groups is 1. The van der Waals surface area contributed by atoms with Crippen molar-refractivity contribution in [3.05, 3.63) is 47.8 Å². The lowest BCUT2D eigenvalue weighted by molar-refractivity contribution is -0.671. The Labute approximate surface area is 143 Å². The molecule has 0 saturated carbocycles. The Morgan fingerprint density at radius 1 is 1.29 bits per heavy atom. The highest BCUT2D eigenvalue weighted by Gasteiger charge is 2.18. The molecule has 5 heteroatoms. The quantitative estimate of drug-likeness (QED) is 0.535. The molecule has 5 nitrogen and oxygen atoms in total. The summed E-state index contributed by atoms with van der Waals surface area (Å²) in [6, 6.07) is 7.98. The van der Waals surface area contributed by atoms with Crippen molar-refractivity contribution in [2.45, 2.75) is 19.8 Å². The third-order valence-electron chi connectivity index (χ3n) is 4.57. The maximum atomic E-state index is 10.4. The summed E-state index contributed by atoms with van der Waals surface area (Å²) in [5, 5.41) is 16.8. The van der Waals surface area contributed by atoms with Crippen LogP contribution in [-0.2, 0) is 13.5 Å². The summed E-state index contributed by atoms with van der Waals surface area (Å²) in [6.45, 7) is 3.01. The van der Waals surface area contributed by atoms with Crippen LogP contribution in [-0.4, -0.2) is 31.5 Å². The normalized spacial score (nSPS) is 14.5. The number of nitrogens with zero attached hydrogens (tertiary/aromatic N) is 4. The average molecular weight is 325 g/mol. The Morgan fingerprint density at radius 2 is 2.00 bits per heavy atom. The van der Waals surface area contributed by atoms with Crippen molar-refractivity contribution in [1.82, 2.24) is 0 Å². The number of phenols is 1. The minimum Gasteiger partial charge on any atom is -0.506 e. The fourth-order valence-electron chi connectivity index (χ4n) is 3.13. The molecule has 1 aromatic carbocycles. The molecule has 0 unspecified atom stereocenters. The topological polar surface area (TPSA) is 43.0 Å². The molecule has 24 heavy (non-hydrogen) atoms. The Balaban J connectivity index is 1.91. The molecule has 1 aliphatic rings. The Hall–Kier alpha value is -2.56. The van der Waals surface area contributed by atoms with Crippen molar-refractivity contribution in [3.8, 4) is 5.75 Å². The van der Waals surface area contributed by atoms with Gasteiger partial charge in [0.2, 0.25) is 0 Å². The molecule has 1 aliphatic heterocycles. The summed E-state index contributed by atoms with van der Waals surface area (Å²) in [6.07, 6.45) is 6.18. The number of pyridine rings is 1. The summed E-state index contributed by atoms with van der Waals surface area (Å²) >= 11 is 0.